The van der Waals surface area contributed by atoms with E-state index >= 15 is 0 Å². The lowest BCUT2D eigenvalue weighted by Gasteiger charge is -2.30. The van der Waals surface area contributed by atoms with E-state index in [1.54, 1.807) is 6.33 Å². The number of H-pyrrole nitrogens is 1. The van der Waals surface area contributed by atoms with Gasteiger partial charge in [0, 0.05) is 31.2 Å². The van der Waals surface area contributed by atoms with Gasteiger partial charge in [-0.1, -0.05) is 12.1 Å². The Morgan fingerprint density at radius 3 is 2.94 bits per heavy atom. The van der Waals surface area contributed by atoms with Crippen molar-refractivity contribution in [1.82, 2.24) is 20.3 Å². The second-order valence-electron chi connectivity index (χ2n) is 8.10. The van der Waals surface area contributed by atoms with Crippen LogP contribution in [0.1, 0.15) is 24.6 Å². The molecular weight excluding hydrogens is 392 g/mol. The number of aryl methyl sites for hydroxylation is 1. The van der Waals surface area contributed by atoms with Crippen LogP contribution in [0.4, 0.5) is 17.2 Å². The van der Waals surface area contributed by atoms with Crippen molar-refractivity contribution in [2.45, 2.75) is 26.2 Å². The van der Waals surface area contributed by atoms with Crippen LogP contribution in [0.25, 0.3) is 11.0 Å². The number of aromatic amines is 1. The van der Waals surface area contributed by atoms with E-state index in [-0.39, 0.29) is 11.8 Å². The van der Waals surface area contributed by atoms with Crippen LogP contribution in [0.2, 0.25) is 0 Å². The van der Waals surface area contributed by atoms with E-state index in [0.717, 1.165) is 72.9 Å². The first-order valence-corrected chi connectivity index (χ1v) is 11.1. The van der Waals surface area contributed by atoms with E-state index in [1.165, 1.54) is 5.69 Å². The first-order valence-electron chi connectivity index (χ1n) is 11.1. The lowest BCUT2D eigenvalue weighted by molar-refractivity contribution is -0.125. The molecule has 0 saturated carbocycles. The van der Waals surface area contributed by atoms with Crippen LogP contribution in [0.5, 0.6) is 0 Å². The predicted octanol–water partition coefficient (Wildman–Crippen LogP) is 2.78. The number of fused-ring (bicyclic) bond motifs is 3. The third-order valence-corrected chi connectivity index (χ3v) is 6.21. The number of benzene rings is 1. The zero-order chi connectivity index (χ0) is 21.2. The SMILES string of the molecule is CCNC(=O)[C@H]1CCc2[nH]c3ncnc(Nc4ccccc4N4CCOCC4)c3c2C1. The van der Waals surface area contributed by atoms with Crippen molar-refractivity contribution in [3.63, 3.8) is 0 Å². The number of para-hydroxylation sites is 2. The third-order valence-electron chi connectivity index (χ3n) is 6.21. The van der Waals surface area contributed by atoms with Crippen molar-refractivity contribution in [3.05, 3.63) is 41.9 Å². The Morgan fingerprint density at radius 2 is 2.10 bits per heavy atom. The molecule has 1 aliphatic carbocycles. The molecule has 0 spiro atoms. The molecule has 0 bridgehead atoms. The Balaban J connectivity index is 1.50. The molecule has 0 unspecified atom stereocenters. The smallest absolute Gasteiger partial charge is 0.223 e. The summed E-state index contributed by atoms with van der Waals surface area (Å²) >= 11 is 0. The number of amides is 1. The number of carbonyl (C=O) groups is 1. The molecule has 1 saturated heterocycles. The first-order chi connectivity index (χ1) is 15.2. The number of anilines is 3. The molecule has 0 radical (unpaired) electrons. The third kappa shape index (κ3) is 3.83. The Labute approximate surface area is 181 Å². The van der Waals surface area contributed by atoms with E-state index in [2.05, 4.69) is 48.7 Å². The van der Waals surface area contributed by atoms with E-state index < -0.39 is 0 Å². The number of hydrogen-bond donors (Lipinski definition) is 3. The van der Waals surface area contributed by atoms with Gasteiger partial charge in [0.25, 0.3) is 0 Å². The molecular formula is C23H28N6O2. The number of morpholine rings is 1. The second-order valence-corrected chi connectivity index (χ2v) is 8.10. The molecule has 1 atom stereocenters. The highest BCUT2D eigenvalue weighted by Gasteiger charge is 2.29. The van der Waals surface area contributed by atoms with Crippen molar-refractivity contribution in [3.8, 4) is 0 Å². The summed E-state index contributed by atoms with van der Waals surface area (Å²) in [5, 5.41) is 7.53. The molecule has 1 aliphatic heterocycles. The Hall–Kier alpha value is -3.13. The molecule has 8 nitrogen and oxygen atoms in total. The van der Waals surface area contributed by atoms with Gasteiger partial charge in [0.2, 0.25) is 5.91 Å². The number of nitrogens with one attached hydrogen (secondary N) is 3. The summed E-state index contributed by atoms with van der Waals surface area (Å²) in [4.78, 5) is 27.3. The quantitative estimate of drug-likeness (QED) is 0.588. The summed E-state index contributed by atoms with van der Waals surface area (Å²) in [5.74, 6) is 0.895. The zero-order valence-electron chi connectivity index (χ0n) is 17.8. The molecule has 8 heteroatoms. The van der Waals surface area contributed by atoms with Crippen LogP contribution >= 0.6 is 0 Å². The predicted molar refractivity (Wildman–Crippen MR) is 121 cm³/mol. The number of carbonyl (C=O) groups excluding carboxylic acids is 1. The van der Waals surface area contributed by atoms with Crippen LogP contribution in [0.15, 0.2) is 30.6 Å². The van der Waals surface area contributed by atoms with Gasteiger partial charge in [-0.05, 0) is 43.9 Å². The molecule has 1 amide bonds. The average Bonchev–Trinajstić information content (AvgIpc) is 3.19. The van der Waals surface area contributed by atoms with Crippen molar-refractivity contribution >= 4 is 34.1 Å². The van der Waals surface area contributed by atoms with Crippen molar-refractivity contribution in [2.75, 3.05) is 43.1 Å². The summed E-state index contributed by atoms with van der Waals surface area (Å²) < 4.78 is 5.52. The fourth-order valence-corrected chi connectivity index (χ4v) is 4.67. The van der Waals surface area contributed by atoms with Crippen LogP contribution in [-0.2, 0) is 22.4 Å². The standard InChI is InChI=1S/C23H28N6O2/c1-2-24-23(30)15-7-8-17-16(13-15)20-21(27-17)25-14-26-22(20)28-18-5-3-4-6-19(18)29-9-11-31-12-10-29/h3-6,14-15H,2,7-13H2,1H3,(H,24,30)(H2,25,26,27,28)/t15-/m0/s1. The summed E-state index contributed by atoms with van der Waals surface area (Å²) in [5.41, 5.74) is 5.30. The van der Waals surface area contributed by atoms with E-state index in [0.29, 0.717) is 13.0 Å². The molecule has 2 aliphatic rings. The zero-order valence-corrected chi connectivity index (χ0v) is 17.8. The number of rotatable bonds is 5. The molecule has 1 fully saturated rings. The fraction of sp³-hybridized carbons (Fsp3) is 0.435. The maximum Gasteiger partial charge on any atom is 0.223 e. The maximum absolute atomic E-state index is 12.5. The number of ether oxygens (including phenoxy) is 1. The van der Waals surface area contributed by atoms with Gasteiger partial charge < -0.3 is 25.3 Å². The van der Waals surface area contributed by atoms with Crippen LogP contribution in [0, 0.1) is 5.92 Å². The summed E-state index contributed by atoms with van der Waals surface area (Å²) in [6.45, 7) is 5.82. The summed E-state index contributed by atoms with van der Waals surface area (Å²) in [6.07, 6.45) is 3.98. The second kappa shape index (κ2) is 8.55. The topological polar surface area (TPSA) is 95.2 Å². The van der Waals surface area contributed by atoms with E-state index in [1.807, 2.05) is 13.0 Å². The van der Waals surface area contributed by atoms with Crippen LogP contribution < -0.4 is 15.5 Å². The average molecular weight is 421 g/mol. The fourth-order valence-electron chi connectivity index (χ4n) is 4.67. The molecule has 1 aromatic carbocycles. The van der Waals surface area contributed by atoms with Gasteiger partial charge in [-0.25, -0.2) is 9.97 Å². The summed E-state index contributed by atoms with van der Waals surface area (Å²) in [7, 11) is 0. The van der Waals surface area contributed by atoms with Gasteiger partial charge >= 0.3 is 0 Å². The monoisotopic (exact) mass is 420 g/mol. The minimum absolute atomic E-state index is 0.0138. The molecule has 31 heavy (non-hydrogen) atoms. The van der Waals surface area contributed by atoms with Gasteiger partial charge in [0.15, 0.2) is 0 Å². The Kier molecular flexibility index (Phi) is 5.46. The molecule has 3 aromatic rings. The van der Waals surface area contributed by atoms with Crippen LogP contribution in [-0.4, -0.2) is 53.7 Å². The number of aromatic nitrogens is 3. The number of nitrogens with zero attached hydrogens (tertiary/aromatic N) is 3. The normalized spacial score (nSPS) is 18.6. The minimum Gasteiger partial charge on any atom is -0.378 e. The van der Waals surface area contributed by atoms with Crippen molar-refractivity contribution < 1.29 is 9.53 Å². The Bertz CT molecular complexity index is 1090. The largest absolute Gasteiger partial charge is 0.378 e. The highest BCUT2D eigenvalue weighted by Crippen LogP contribution is 2.36. The van der Waals surface area contributed by atoms with Gasteiger partial charge in [-0.15, -0.1) is 0 Å². The molecule has 162 valence electrons. The van der Waals surface area contributed by atoms with Gasteiger partial charge in [-0.2, -0.15) is 0 Å². The lowest BCUT2D eigenvalue weighted by Crippen LogP contribution is -2.36. The molecule has 3 heterocycles. The Morgan fingerprint density at radius 1 is 1.26 bits per heavy atom. The van der Waals surface area contributed by atoms with Gasteiger partial charge in [0.1, 0.15) is 17.8 Å². The van der Waals surface area contributed by atoms with E-state index in [4.69, 9.17) is 4.74 Å². The van der Waals surface area contributed by atoms with Gasteiger partial charge in [0.05, 0.1) is 30.0 Å². The minimum atomic E-state index is -0.0138. The number of hydrogen-bond acceptors (Lipinski definition) is 6. The highest BCUT2D eigenvalue weighted by molar-refractivity contribution is 5.95. The first kappa shape index (κ1) is 19.8. The van der Waals surface area contributed by atoms with Crippen molar-refractivity contribution in [2.24, 2.45) is 5.92 Å². The molecule has 2 aromatic heterocycles. The maximum atomic E-state index is 12.5. The summed E-state index contributed by atoms with van der Waals surface area (Å²) in [6, 6.07) is 8.29. The highest BCUT2D eigenvalue weighted by atomic mass is 16.5. The van der Waals surface area contributed by atoms with Crippen molar-refractivity contribution in [1.29, 1.82) is 0 Å². The lowest BCUT2D eigenvalue weighted by atomic mass is 9.86. The molecule has 5 rings (SSSR count). The van der Waals surface area contributed by atoms with E-state index in [9.17, 15) is 4.79 Å². The van der Waals surface area contributed by atoms with Crippen LogP contribution in [0.3, 0.4) is 0 Å². The van der Waals surface area contributed by atoms with Gasteiger partial charge in [-0.3, -0.25) is 4.79 Å². The molecule has 3 N–H and O–H groups in total.